The van der Waals surface area contributed by atoms with Crippen LogP contribution in [0.4, 0.5) is 4.39 Å². The predicted octanol–water partition coefficient (Wildman–Crippen LogP) is 3.32. The van der Waals surface area contributed by atoms with Gasteiger partial charge in [-0.1, -0.05) is 12.8 Å². The number of benzene rings is 1. The van der Waals surface area contributed by atoms with E-state index in [0.29, 0.717) is 32.5 Å². The molecule has 1 saturated carbocycles. The van der Waals surface area contributed by atoms with Crippen LogP contribution in [0.3, 0.4) is 0 Å². The van der Waals surface area contributed by atoms with Crippen LogP contribution >= 0.6 is 0 Å². The molecule has 2 heterocycles. The molecule has 1 saturated heterocycles. The fourth-order valence-corrected chi connectivity index (χ4v) is 4.52. The number of nitrogens with zero attached hydrogens (tertiary/aromatic N) is 2. The van der Waals surface area contributed by atoms with Crippen molar-refractivity contribution in [2.45, 2.75) is 50.7 Å². The highest BCUT2D eigenvalue weighted by atomic mass is 19.1. The lowest BCUT2D eigenvalue weighted by Crippen LogP contribution is -2.54. The Balaban J connectivity index is 1.40. The SMILES string of the molecule is O=C(CCn1ccc2ccc(F)cc21)N1CC[C@]2(O)CCCC[C@H]2C1. The summed E-state index contributed by atoms with van der Waals surface area (Å²) in [6.07, 6.45) is 7.15. The van der Waals surface area contributed by atoms with Crippen LogP contribution in [0.5, 0.6) is 0 Å². The maximum absolute atomic E-state index is 13.5. The predicted molar refractivity (Wildman–Crippen MR) is 94.6 cm³/mol. The number of amides is 1. The summed E-state index contributed by atoms with van der Waals surface area (Å²) in [5.41, 5.74) is 0.275. The molecule has 4 rings (SSSR count). The minimum absolute atomic E-state index is 0.130. The molecule has 2 atom stereocenters. The van der Waals surface area contributed by atoms with Gasteiger partial charge in [-0.25, -0.2) is 4.39 Å². The topological polar surface area (TPSA) is 45.5 Å². The van der Waals surface area contributed by atoms with E-state index in [0.717, 1.165) is 36.6 Å². The van der Waals surface area contributed by atoms with E-state index in [4.69, 9.17) is 0 Å². The van der Waals surface area contributed by atoms with Crippen LogP contribution in [0.15, 0.2) is 30.5 Å². The maximum Gasteiger partial charge on any atom is 0.224 e. The summed E-state index contributed by atoms with van der Waals surface area (Å²) < 4.78 is 15.4. The molecule has 2 aromatic rings. The summed E-state index contributed by atoms with van der Waals surface area (Å²) in [5, 5.41) is 11.7. The van der Waals surface area contributed by atoms with Gasteiger partial charge in [0.15, 0.2) is 0 Å². The van der Waals surface area contributed by atoms with Crippen molar-refractivity contribution in [1.82, 2.24) is 9.47 Å². The second kappa shape index (κ2) is 6.45. The quantitative estimate of drug-likeness (QED) is 0.928. The average molecular weight is 344 g/mol. The Bertz CT molecular complexity index is 787. The number of rotatable bonds is 3. The zero-order chi connectivity index (χ0) is 17.4. The fourth-order valence-electron chi connectivity index (χ4n) is 4.52. The summed E-state index contributed by atoms with van der Waals surface area (Å²) in [7, 11) is 0. The largest absolute Gasteiger partial charge is 0.389 e. The van der Waals surface area contributed by atoms with Gasteiger partial charge in [-0.2, -0.15) is 0 Å². The summed E-state index contributed by atoms with van der Waals surface area (Å²) >= 11 is 0. The molecule has 0 radical (unpaired) electrons. The minimum Gasteiger partial charge on any atom is -0.389 e. The van der Waals surface area contributed by atoms with Crippen LogP contribution in [0.1, 0.15) is 38.5 Å². The van der Waals surface area contributed by atoms with Crippen LogP contribution in [-0.4, -0.2) is 39.2 Å². The van der Waals surface area contributed by atoms with E-state index in [-0.39, 0.29) is 17.6 Å². The molecule has 1 aromatic carbocycles. The molecule has 25 heavy (non-hydrogen) atoms. The molecule has 1 amide bonds. The number of fused-ring (bicyclic) bond motifs is 2. The van der Waals surface area contributed by atoms with Gasteiger partial charge in [0.2, 0.25) is 5.91 Å². The lowest BCUT2D eigenvalue weighted by Gasteiger charge is -2.47. The molecule has 1 aliphatic carbocycles. The van der Waals surface area contributed by atoms with Crippen LogP contribution < -0.4 is 0 Å². The van der Waals surface area contributed by atoms with Crippen LogP contribution in [-0.2, 0) is 11.3 Å². The molecule has 4 nitrogen and oxygen atoms in total. The second-order valence-corrected chi connectivity index (χ2v) is 7.60. The second-order valence-electron chi connectivity index (χ2n) is 7.60. The lowest BCUT2D eigenvalue weighted by molar-refractivity contribution is -0.143. The molecule has 5 heteroatoms. The van der Waals surface area contributed by atoms with Gasteiger partial charge in [-0.15, -0.1) is 0 Å². The van der Waals surface area contributed by atoms with Crippen LogP contribution in [0.2, 0.25) is 0 Å². The third kappa shape index (κ3) is 3.17. The molecule has 0 bridgehead atoms. The van der Waals surface area contributed by atoms with Crippen molar-refractivity contribution in [1.29, 1.82) is 0 Å². The number of aliphatic hydroxyl groups is 1. The van der Waals surface area contributed by atoms with Gasteiger partial charge < -0.3 is 14.6 Å². The van der Waals surface area contributed by atoms with Gasteiger partial charge in [0.25, 0.3) is 0 Å². The number of carbonyl (C=O) groups is 1. The normalized spacial score (nSPS) is 26.6. The van der Waals surface area contributed by atoms with E-state index in [1.165, 1.54) is 12.1 Å². The molecule has 1 N–H and O–H groups in total. The fraction of sp³-hybridized carbons (Fsp3) is 0.550. The van der Waals surface area contributed by atoms with Crippen molar-refractivity contribution < 1.29 is 14.3 Å². The van der Waals surface area contributed by atoms with E-state index < -0.39 is 5.60 Å². The number of halogens is 1. The van der Waals surface area contributed by atoms with Gasteiger partial charge in [0.1, 0.15) is 5.82 Å². The highest BCUT2D eigenvalue weighted by molar-refractivity contribution is 5.81. The Morgan fingerprint density at radius 3 is 3.04 bits per heavy atom. The minimum atomic E-state index is -0.552. The van der Waals surface area contributed by atoms with Gasteiger partial charge in [-0.05, 0) is 48.9 Å². The number of aromatic nitrogens is 1. The average Bonchev–Trinajstić information content (AvgIpc) is 3.01. The van der Waals surface area contributed by atoms with Gasteiger partial charge in [-0.3, -0.25) is 4.79 Å². The molecule has 2 fully saturated rings. The van der Waals surface area contributed by atoms with Crippen molar-refractivity contribution in [2.75, 3.05) is 13.1 Å². The van der Waals surface area contributed by atoms with Crippen LogP contribution in [0, 0.1) is 11.7 Å². The van der Waals surface area contributed by atoms with Crippen molar-refractivity contribution in [3.8, 4) is 0 Å². The third-order valence-electron chi connectivity index (χ3n) is 6.08. The number of hydrogen-bond donors (Lipinski definition) is 1. The van der Waals surface area contributed by atoms with E-state index in [2.05, 4.69) is 0 Å². The molecule has 2 aliphatic rings. The molecule has 0 spiro atoms. The zero-order valence-corrected chi connectivity index (χ0v) is 14.5. The third-order valence-corrected chi connectivity index (χ3v) is 6.08. The number of aryl methyl sites for hydroxylation is 1. The lowest BCUT2D eigenvalue weighted by atomic mass is 9.71. The van der Waals surface area contributed by atoms with E-state index in [1.54, 1.807) is 6.07 Å². The molecular weight excluding hydrogens is 319 g/mol. The first-order chi connectivity index (χ1) is 12.0. The smallest absolute Gasteiger partial charge is 0.224 e. The summed E-state index contributed by atoms with van der Waals surface area (Å²) in [6.45, 7) is 1.88. The Labute approximate surface area is 147 Å². The van der Waals surface area contributed by atoms with E-state index >= 15 is 0 Å². The van der Waals surface area contributed by atoms with Gasteiger partial charge in [0, 0.05) is 38.2 Å². The van der Waals surface area contributed by atoms with Crippen molar-refractivity contribution in [2.24, 2.45) is 5.92 Å². The standard InChI is InChI=1S/C20H25FN2O2/c21-17-5-4-15-6-10-22(18(15)13-17)11-7-19(24)23-12-9-20(25)8-2-1-3-16(20)14-23/h4-6,10,13,16,25H,1-3,7-9,11-12,14H2/t16-,20+/m0/s1. The first kappa shape index (κ1) is 16.6. The summed E-state index contributed by atoms with van der Waals surface area (Å²) in [5.74, 6) is 0.0951. The van der Waals surface area contributed by atoms with Crippen molar-refractivity contribution in [3.05, 3.63) is 36.3 Å². The van der Waals surface area contributed by atoms with Crippen molar-refractivity contribution in [3.63, 3.8) is 0 Å². The Hall–Kier alpha value is -1.88. The number of piperidine rings is 1. The summed E-state index contributed by atoms with van der Waals surface area (Å²) in [4.78, 5) is 14.5. The maximum atomic E-state index is 13.5. The highest BCUT2D eigenvalue weighted by Gasteiger charge is 2.43. The number of carbonyl (C=O) groups excluding carboxylic acids is 1. The first-order valence-corrected chi connectivity index (χ1v) is 9.30. The van der Waals surface area contributed by atoms with E-state index in [9.17, 15) is 14.3 Å². The van der Waals surface area contributed by atoms with E-state index in [1.807, 2.05) is 21.7 Å². The molecular formula is C20H25FN2O2. The monoisotopic (exact) mass is 344 g/mol. The Morgan fingerprint density at radius 2 is 2.16 bits per heavy atom. The first-order valence-electron chi connectivity index (χ1n) is 9.30. The Kier molecular flexibility index (Phi) is 4.28. The molecule has 134 valence electrons. The molecule has 1 aliphatic heterocycles. The highest BCUT2D eigenvalue weighted by Crippen LogP contribution is 2.39. The zero-order valence-electron chi connectivity index (χ0n) is 14.5. The molecule has 1 aromatic heterocycles. The van der Waals surface area contributed by atoms with Gasteiger partial charge >= 0.3 is 0 Å². The number of likely N-dealkylation sites (tertiary alicyclic amines) is 1. The Morgan fingerprint density at radius 1 is 1.28 bits per heavy atom. The summed E-state index contributed by atoms with van der Waals surface area (Å²) in [6, 6.07) is 6.68. The van der Waals surface area contributed by atoms with Crippen molar-refractivity contribution >= 4 is 16.8 Å². The van der Waals surface area contributed by atoms with Gasteiger partial charge in [0.05, 0.1) is 11.1 Å². The van der Waals surface area contributed by atoms with Crippen LogP contribution in [0.25, 0.3) is 10.9 Å². The number of hydrogen-bond acceptors (Lipinski definition) is 2. The molecule has 0 unspecified atom stereocenters.